The van der Waals surface area contributed by atoms with Crippen LogP contribution in [0.1, 0.15) is 13.8 Å². The van der Waals surface area contributed by atoms with Gasteiger partial charge >= 0.3 is 6.03 Å². The van der Waals surface area contributed by atoms with Crippen molar-refractivity contribution in [3.8, 4) is 5.82 Å². The molecule has 10 heteroatoms. The molecule has 1 fully saturated rings. The predicted octanol–water partition coefficient (Wildman–Crippen LogP) is 4.53. The molecule has 0 radical (unpaired) electrons. The van der Waals surface area contributed by atoms with Gasteiger partial charge in [0.15, 0.2) is 0 Å². The van der Waals surface area contributed by atoms with Gasteiger partial charge in [0.25, 0.3) is 0 Å². The summed E-state index contributed by atoms with van der Waals surface area (Å²) in [6.07, 6.45) is 3.44. The first-order valence-electron chi connectivity index (χ1n) is 13.3. The van der Waals surface area contributed by atoms with E-state index in [9.17, 15) is 9.59 Å². The first kappa shape index (κ1) is 25.3. The van der Waals surface area contributed by atoms with Crippen LogP contribution in [0.25, 0.3) is 27.6 Å². The van der Waals surface area contributed by atoms with Gasteiger partial charge in [0.05, 0.1) is 22.8 Å². The average molecular weight is 535 g/mol. The number of nitrogens with one attached hydrogen (secondary N) is 2. The normalized spacial score (nSPS) is 16.2. The van der Waals surface area contributed by atoms with Crippen LogP contribution in [-0.4, -0.2) is 73.0 Å². The zero-order valence-corrected chi connectivity index (χ0v) is 22.4. The number of rotatable bonds is 5. The molecular weight excluding hydrogens is 504 g/mol. The van der Waals surface area contributed by atoms with Crippen LogP contribution in [0.3, 0.4) is 0 Å². The van der Waals surface area contributed by atoms with Crippen LogP contribution in [0.5, 0.6) is 0 Å². The Kier molecular flexibility index (Phi) is 6.73. The van der Waals surface area contributed by atoms with Gasteiger partial charge in [0.1, 0.15) is 12.1 Å². The molecule has 1 saturated heterocycles. The molecular formula is C30H30N8O2. The standard InChI is InChI=1S/C30H30N8O2/c1-20(33-29-31-15-14-28(35-29)38-19-32-25-11-5-6-13-26(25)38)27-18-36(16-17-37(27)21(2)39)30(40)34-24-12-7-9-22-8-3-4-10-23(22)24/h3-15,19-20,27H,16-18H2,1-2H3,(H,34,40)(H,31,33,35)/t20-,27-/m0/s1. The van der Waals surface area contributed by atoms with Gasteiger partial charge in [-0.25, -0.2) is 14.8 Å². The van der Waals surface area contributed by atoms with E-state index < -0.39 is 0 Å². The number of anilines is 2. The quantitative estimate of drug-likeness (QED) is 0.343. The fraction of sp³-hybridized carbons (Fsp3) is 0.233. The highest BCUT2D eigenvalue weighted by Crippen LogP contribution is 2.24. The number of hydrogen-bond acceptors (Lipinski definition) is 6. The van der Waals surface area contributed by atoms with Crippen LogP contribution in [0, 0.1) is 0 Å². The number of amides is 3. The Morgan fingerprint density at radius 1 is 0.950 bits per heavy atom. The number of urea groups is 1. The minimum absolute atomic E-state index is 0.0349. The molecule has 40 heavy (non-hydrogen) atoms. The van der Waals surface area contributed by atoms with Crippen molar-refractivity contribution >= 4 is 45.4 Å². The van der Waals surface area contributed by atoms with E-state index in [1.54, 1.807) is 24.3 Å². The van der Waals surface area contributed by atoms with Crippen molar-refractivity contribution in [3.63, 3.8) is 0 Å². The van der Waals surface area contributed by atoms with E-state index >= 15 is 0 Å². The molecule has 10 nitrogen and oxygen atoms in total. The van der Waals surface area contributed by atoms with Crippen molar-refractivity contribution in [3.05, 3.63) is 85.3 Å². The lowest BCUT2D eigenvalue weighted by Gasteiger charge is -2.43. The lowest BCUT2D eigenvalue weighted by atomic mass is 10.0. The first-order chi connectivity index (χ1) is 19.5. The fourth-order valence-corrected chi connectivity index (χ4v) is 5.34. The van der Waals surface area contributed by atoms with E-state index in [1.807, 2.05) is 89.2 Å². The number of carbonyl (C=O) groups excluding carboxylic acids is 2. The van der Waals surface area contributed by atoms with E-state index in [-0.39, 0.29) is 24.0 Å². The molecule has 1 aliphatic rings. The number of aromatic nitrogens is 4. The summed E-state index contributed by atoms with van der Waals surface area (Å²) < 4.78 is 1.91. The Morgan fingerprint density at radius 2 is 1.75 bits per heavy atom. The second kappa shape index (κ2) is 10.6. The third-order valence-electron chi connectivity index (χ3n) is 7.42. The molecule has 5 aromatic rings. The number of hydrogen-bond donors (Lipinski definition) is 2. The van der Waals surface area contributed by atoms with Crippen molar-refractivity contribution in [1.29, 1.82) is 0 Å². The van der Waals surface area contributed by atoms with Crippen molar-refractivity contribution < 1.29 is 9.59 Å². The van der Waals surface area contributed by atoms with Crippen LogP contribution in [0.2, 0.25) is 0 Å². The minimum Gasteiger partial charge on any atom is -0.350 e. The predicted molar refractivity (Wildman–Crippen MR) is 155 cm³/mol. The Hall–Kier alpha value is -4.99. The Bertz CT molecular complexity index is 1690. The maximum absolute atomic E-state index is 13.4. The van der Waals surface area contributed by atoms with E-state index in [2.05, 4.69) is 20.6 Å². The summed E-state index contributed by atoms with van der Waals surface area (Å²) in [5.74, 6) is 1.08. The summed E-state index contributed by atoms with van der Waals surface area (Å²) in [6, 6.07) is 22.8. The molecule has 3 aromatic carbocycles. The number of benzene rings is 3. The molecule has 202 valence electrons. The van der Waals surface area contributed by atoms with Crippen LogP contribution in [-0.2, 0) is 4.79 Å². The largest absolute Gasteiger partial charge is 0.350 e. The van der Waals surface area contributed by atoms with Gasteiger partial charge < -0.3 is 20.4 Å². The number of piperazine rings is 1. The summed E-state index contributed by atoms with van der Waals surface area (Å²) in [6.45, 7) is 4.80. The molecule has 3 amide bonds. The Morgan fingerprint density at radius 3 is 2.62 bits per heavy atom. The molecule has 0 saturated carbocycles. The van der Waals surface area contributed by atoms with Crippen molar-refractivity contribution in [2.75, 3.05) is 30.3 Å². The SMILES string of the molecule is CC(=O)N1CCN(C(=O)Nc2cccc3ccccc23)C[C@H]1[C@H](C)Nc1nccc(-n2cnc3ccccc32)n1. The zero-order valence-electron chi connectivity index (χ0n) is 22.4. The minimum atomic E-state index is -0.272. The van der Waals surface area contributed by atoms with Gasteiger partial charge in [0, 0.05) is 44.2 Å². The molecule has 0 spiro atoms. The van der Waals surface area contributed by atoms with Gasteiger partial charge in [-0.2, -0.15) is 4.98 Å². The molecule has 2 aromatic heterocycles. The molecule has 0 bridgehead atoms. The second-order valence-electron chi connectivity index (χ2n) is 9.96. The monoisotopic (exact) mass is 534 g/mol. The van der Waals surface area contributed by atoms with Crippen LogP contribution in [0.4, 0.5) is 16.4 Å². The Labute approximate surface area is 231 Å². The van der Waals surface area contributed by atoms with Crippen LogP contribution < -0.4 is 10.6 Å². The van der Waals surface area contributed by atoms with E-state index in [1.165, 1.54) is 0 Å². The van der Waals surface area contributed by atoms with Gasteiger partial charge in [-0.3, -0.25) is 9.36 Å². The summed E-state index contributed by atoms with van der Waals surface area (Å²) in [7, 11) is 0. The van der Waals surface area contributed by atoms with Crippen LogP contribution >= 0.6 is 0 Å². The van der Waals surface area contributed by atoms with Crippen molar-refractivity contribution in [2.24, 2.45) is 0 Å². The smallest absolute Gasteiger partial charge is 0.321 e. The molecule has 0 aliphatic carbocycles. The molecule has 6 rings (SSSR count). The van der Waals surface area contributed by atoms with Gasteiger partial charge in [-0.1, -0.05) is 48.5 Å². The first-order valence-corrected chi connectivity index (χ1v) is 13.3. The van der Waals surface area contributed by atoms with Crippen molar-refractivity contribution in [2.45, 2.75) is 25.9 Å². The average Bonchev–Trinajstić information content (AvgIpc) is 3.41. The highest BCUT2D eigenvalue weighted by molar-refractivity contribution is 6.01. The van der Waals surface area contributed by atoms with Crippen LogP contribution in [0.15, 0.2) is 85.3 Å². The van der Waals surface area contributed by atoms with Gasteiger partial charge in [-0.15, -0.1) is 0 Å². The summed E-state index contributed by atoms with van der Waals surface area (Å²) in [5, 5.41) is 8.49. The zero-order chi connectivity index (χ0) is 27.6. The number of imidazole rings is 1. The lowest BCUT2D eigenvalue weighted by Crippen LogP contribution is -2.61. The third-order valence-corrected chi connectivity index (χ3v) is 7.42. The van der Waals surface area contributed by atoms with E-state index in [0.29, 0.717) is 31.4 Å². The van der Waals surface area contributed by atoms with E-state index in [0.717, 1.165) is 27.5 Å². The van der Waals surface area contributed by atoms with E-state index in [4.69, 9.17) is 4.98 Å². The second-order valence-corrected chi connectivity index (χ2v) is 9.96. The number of nitrogens with zero attached hydrogens (tertiary/aromatic N) is 6. The van der Waals surface area contributed by atoms with Gasteiger partial charge in [0.2, 0.25) is 11.9 Å². The molecule has 3 heterocycles. The van der Waals surface area contributed by atoms with Gasteiger partial charge in [-0.05, 0) is 36.6 Å². The summed E-state index contributed by atoms with van der Waals surface area (Å²) in [4.78, 5) is 43.1. The highest BCUT2D eigenvalue weighted by Gasteiger charge is 2.35. The lowest BCUT2D eigenvalue weighted by molar-refractivity contribution is -0.133. The molecule has 0 unspecified atom stereocenters. The third kappa shape index (κ3) is 4.91. The summed E-state index contributed by atoms with van der Waals surface area (Å²) >= 11 is 0. The molecule has 2 atom stereocenters. The maximum atomic E-state index is 13.4. The highest BCUT2D eigenvalue weighted by atomic mass is 16.2. The van der Waals surface area contributed by atoms with Crippen molar-refractivity contribution in [1.82, 2.24) is 29.3 Å². The Balaban J connectivity index is 1.20. The topological polar surface area (TPSA) is 108 Å². The fourth-order valence-electron chi connectivity index (χ4n) is 5.34. The molecule has 1 aliphatic heterocycles. The summed E-state index contributed by atoms with van der Waals surface area (Å²) in [5.41, 5.74) is 2.59. The number of para-hydroxylation sites is 2. The number of carbonyl (C=O) groups is 2. The molecule has 2 N–H and O–H groups in total. The maximum Gasteiger partial charge on any atom is 0.321 e. The number of fused-ring (bicyclic) bond motifs is 2.